The fourth-order valence-electron chi connectivity index (χ4n) is 4.84. The molecule has 0 N–H and O–H groups in total. The van der Waals surface area contributed by atoms with E-state index in [9.17, 15) is 14.4 Å². The number of likely N-dealkylation sites (tertiary alicyclic amines) is 1. The van der Waals surface area contributed by atoms with Crippen LogP contribution in [0.5, 0.6) is 0 Å². The van der Waals surface area contributed by atoms with E-state index in [2.05, 4.69) is 6.07 Å². The molecular formula is C27H29N3O4. The molecule has 176 valence electrons. The molecule has 0 aliphatic carbocycles. The van der Waals surface area contributed by atoms with Crippen LogP contribution in [0.15, 0.2) is 42.5 Å². The molecule has 2 aliphatic heterocycles. The number of nitriles is 1. The summed E-state index contributed by atoms with van der Waals surface area (Å²) in [5.41, 5.74) is 4.01. The summed E-state index contributed by atoms with van der Waals surface area (Å²) in [5, 5.41) is 8.93. The second-order valence-electron chi connectivity index (χ2n) is 8.83. The summed E-state index contributed by atoms with van der Waals surface area (Å²) in [7, 11) is 1.35. The highest BCUT2D eigenvalue weighted by Crippen LogP contribution is 2.30. The van der Waals surface area contributed by atoms with Crippen LogP contribution in [0.4, 0.5) is 5.69 Å². The Balaban J connectivity index is 1.47. The molecule has 1 saturated heterocycles. The fraction of sp³-hybridized carbons (Fsp3) is 0.407. The first-order valence-electron chi connectivity index (χ1n) is 11.8. The normalized spacial score (nSPS) is 17.5. The number of aryl methyl sites for hydroxylation is 2. The molecular weight excluding hydrogens is 430 g/mol. The summed E-state index contributed by atoms with van der Waals surface area (Å²) in [6.45, 7) is 1.19. The minimum Gasteiger partial charge on any atom is -0.467 e. The summed E-state index contributed by atoms with van der Waals surface area (Å²) in [6, 6.07) is 14.4. The number of piperidine rings is 1. The van der Waals surface area contributed by atoms with Gasteiger partial charge in [0.25, 0.3) is 5.91 Å². The second kappa shape index (κ2) is 10.5. The van der Waals surface area contributed by atoms with E-state index in [1.54, 1.807) is 23.1 Å². The number of carbonyl (C=O) groups excluding carboxylic acids is 3. The highest BCUT2D eigenvalue weighted by atomic mass is 16.5. The number of anilines is 1. The zero-order valence-electron chi connectivity index (χ0n) is 19.5. The summed E-state index contributed by atoms with van der Waals surface area (Å²) in [5.74, 6) is -0.488. The molecule has 7 nitrogen and oxygen atoms in total. The zero-order valence-corrected chi connectivity index (χ0v) is 19.5. The Kier molecular flexibility index (Phi) is 7.27. The Morgan fingerprint density at radius 1 is 1.06 bits per heavy atom. The van der Waals surface area contributed by atoms with E-state index in [-0.39, 0.29) is 17.8 Å². The maximum atomic E-state index is 13.3. The maximum Gasteiger partial charge on any atom is 0.328 e. The van der Waals surface area contributed by atoms with Gasteiger partial charge in [0.05, 0.1) is 18.7 Å². The molecule has 2 aromatic rings. The molecule has 0 radical (unpaired) electrons. The number of esters is 1. The van der Waals surface area contributed by atoms with Crippen molar-refractivity contribution in [2.75, 3.05) is 25.1 Å². The zero-order chi connectivity index (χ0) is 24.1. The van der Waals surface area contributed by atoms with Crippen molar-refractivity contribution in [2.45, 2.75) is 51.0 Å². The van der Waals surface area contributed by atoms with Gasteiger partial charge in [-0.25, -0.2) is 4.79 Å². The molecule has 0 aromatic heterocycles. The first-order valence-corrected chi connectivity index (χ1v) is 11.8. The van der Waals surface area contributed by atoms with Gasteiger partial charge in [0.2, 0.25) is 5.91 Å². The quantitative estimate of drug-likeness (QED) is 0.637. The number of hydrogen-bond donors (Lipinski definition) is 0. The third kappa shape index (κ3) is 4.96. The minimum atomic E-state index is -0.539. The van der Waals surface area contributed by atoms with Crippen molar-refractivity contribution >= 4 is 23.5 Å². The number of benzene rings is 2. The van der Waals surface area contributed by atoms with Crippen molar-refractivity contribution in [3.8, 4) is 6.07 Å². The van der Waals surface area contributed by atoms with Crippen LogP contribution in [0.25, 0.3) is 0 Å². The van der Waals surface area contributed by atoms with Crippen LogP contribution in [0.1, 0.15) is 59.2 Å². The summed E-state index contributed by atoms with van der Waals surface area (Å²) < 4.78 is 4.91. The van der Waals surface area contributed by atoms with Gasteiger partial charge in [0.1, 0.15) is 6.04 Å². The van der Waals surface area contributed by atoms with E-state index in [1.165, 1.54) is 7.11 Å². The van der Waals surface area contributed by atoms with Crippen LogP contribution in [0, 0.1) is 11.3 Å². The summed E-state index contributed by atoms with van der Waals surface area (Å²) in [6.07, 6.45) is 5.00. The molecule has 1 fully saturated rings. The highest BCUT2D eigenvalue weighted by molar-refractivity contribution is 5.99. The van der Waals surface area contributed by atoms with E-state index in [0.29, 0.717) is 43.5 Å². The number of nitrogens with zero attached hydrogens (tertiary/aromatic N) is 3. The van der Waals surface area contributed by atoms with Crippen molar-refractivity contribution in [1.82, 2.24) is 4.90 Å². The van der Waals surface area contributed by atoms with Crippen LogP contribution >= 0.6 is 0 Å². The molecule has 0 spiro atoms. The first kappa shape index (κ1) is 23.5. The third-order valence-corrected chi connectivity index (χ3v) is 6.69. The Labute approximate surface area is 199 Å². The van der Waals surface area contributed by atoms with E-state index in [0.717, 1.165) is 42.5 Å². The van der Waals surface area contributed by atoms with Gasteiger partial charge in [0, 0.05) is 30.8 Å². The molecule has 1 atom stereocenters. The van der Waals surface area contributed by atoms with Gasteiger partial charge < -0.3 is 14.5 Å². The van der Waals surface area contributed by atoms with Gasteiger partial charge in [-0.05, 0) is 80.0 Å². The molecule has 2 aliphatic rings. The van der Waals surface area contributed by atoms with Crippen LogP contribution in [-0.4, -0.2) is 48.9 Å². The molecule has 1 unspecified atom stereocenters. The van der Waals surface area contributed by atoms with Crippen molar-refractivity contribution < 1.29 is 19.1 Å². The number of carbonyl (C=O) groups is 3. The average Bonchev–Trinajstić information content (AvgIpc) is 2.90. The van der Waals surface area contributed by atoms with Gasteiger partial charge >= 0.3 is 5.97 Å². The molecule has 34 heavy (non-hydrogen) atoms. The van der Waals surface area contributed by atoms with Crippen molar-refractivity contribution in [3.63, 3.8) is 0 Å². The SMILES string of the molecule is COC(=O)C1CCCCN1C(=O)c1ccc2c(c1)CCCN2C(=O)CCc1ccc(C#N)cc1. The van der Waals surface area contributed by atoms with Gasteiger partial charge in [-0.3, -0.25) is 9.59 Å². The van der Waals surface area contributed by atoms with E-state index < -0.39 is 6.04 Å². The largest absolute Gasteiger partial charge is 0.467 e. The molecule has 2 amide bonds. The van der Waals surface area contributed by atoms with E-state index >= 15 is 0 Å². The van der Waals surface area contributed by atoms with Crippen LogP contribution in [0.2, 0.25) is 0 Å². The van der Waals surface area contributed by atoms with Crippen LogP contribution in [-0.2, 0) is 27.2 Å². The number of hydrogen-bond acceptors (Lipinski definition) is 5. The lowest BCUT2D eigenvalue weighted by atomic mass is 9.96. The predicted molar refractivity (Wildman–Crippen MR) is 127 cm³/mol. The van der Waals surface area contributed by atoms with Gasteiger partial charge in [-0.15, -0.1) is 0 Å². The third-order valence-electron chi connectivity index (χ3n) is 6.69. The molecule has 0 saturated carbocycles. The highest BCUT2D eigenvalue weighted by Gasteiger charge is 2.34. The smallest absolute Gasteiger partial charge is 0.328 e. The fourth-order valence-corrected chi connectivity index (χ4v) is 4.84. The Hall–Kier alpha value is -3.66. The number of methoxy groups -OCH3 is 1. The van der Waals surface area contributed by atoms with Crippen LogP contribution < -0.4 is 4.90 Å². The number of rotatable bonds is 5. The monoisotopic (exact) mass is 459 g/mol. The number of fused-ring (bicyclic) bond motifs is 1. The molecule has 0 bridgehead atoms. The number of ether oxygens (including phenoxy) is 1. The molecule has 4 rings (SSSR count). The summed E-state index contributed by atoms with van der Waals surface area (Å²) >= 11 is 0. The van der Waals surface area contributed by atoms with E-state index in [1.807, 2.05) is 29.2 Å². The minimum absolute atomic E-state index is 0.0474. The van der Waals surface area contributed by atoms with Gasteiger partial charge in [-0.2, -0.15) is 5.26 Å². The Bertz CT molecular complexity index is 1120. The molecule has 7 heteroatoms. The van der Waals surface area contributed by atoms with Crippen LogP contribution in [0.3, 0.4) is 0 Å². The van der Waals surface area contributed by atoms with Crippen molar-refractivity contribution in [2.24, 2.45) is 0 Å². The maximum absolute atomic E-state index is 13.3. The van der Waals surface area contributed by atoms with Crippen molar-refractivity contribution in [3.05, 3.63) is 64.7 Å². The second-order valence-corrected chi connectivity index (χ2v) is 8.83. The lowest BCUT2D eigenvalue weighted by Crippen LogP contribution is -2.48. The Morgan fingerprint density at radius 2 is 1.85 bits per heavy atom. The molecule has 2 aromatic carbocycles. The van der Waals surface area contributed by atoms with Gasteiger partial charge in [-0.1, -0.05) is 12.1 Å². The Morgan fingerprint density at radius 3 is 2.59 bits per heavy atom. The average molecular weight is 460 g/mol. The number of amides is 2. The lowest BCUT2D eigenvalue weighted by Gasteiger charge is -2.34. The summed E-state index contributed by atoms with van der Waals surface area (Å²) in [4.78, 5) is 41.9. The van der Waals surface area contributed by atoms with Crippen molar-refractivity contribution in [1.29, 1.82) is 5.26 Å². The first-order chi connectivity index (χ1) is 16.5. The predicted octanol–water partition coefficient (Wildman–Crippen LogP) is 3.64. The van der Waals surface area contributed by atoms with Gasteiger partial charge in [0.15, 0.2) is 0 Å². The lowest BCUT2D eigenvalue weighted by molar-refractivity contribution is -0.147. The standard InChI is InChI=1S/C27H29N3O4/c1-34-27(33)24-6-2-3-15-30(24)26(32)22-12-13-23-21(17-22)5-4-16-29(23)25(31)14-11-19-7-9-20(18-28)10-8-19/h7-10,12-13,17,24H,2-6,11,14-16H2,1H3. The topological polar surface area (TPSA) is 90.7 Å². The molecule has 2 heterocycles. The van der Waals surface area contributed by atoms with E-state index in [4.69, 9.17) is 10.00 Å².